The summed E-state index contributed by atoms with van der Waals surface area (Å²) in [6, 6.07) is 3.06. The molecule has 0 saturated heterocycles. The van der Waals surface area contributed by atoms with E-state index < -0.39 is 29.8 Å². The summed E-state index contributed by atoms with van der Waals surface area (Å²) in [5.41, 5.74) is 4.37. The van der Waals surface area contributed by atoms with Crippen molar-refractivity contribution in [2.45, 2.75) is 31.5 Å². The Morgan fingerprint density at radius 1 is 1.26 bits per heavy atom. The van der Waals surface area contributed by atoms with Crippen LogP contribution >= 0.6 is 0 Å². The summed E-state index contributed by atoms with van der Waals surface area (Å²) in [4.78, 5) is 22.8. The Balaban J connectivity index is 2.79. The zero-order valence-electron chi connectivity index (χ0n) is 12.2. The van der Waals surface area contributed by atoms with E-state index >= 15 is 0 Å². The third-order valence-electron chi connectivity index (χ3n) is 3.02. The van der Waals surface area contributed by atoms with Gasteiger partial charge in [-0.15, -0.1) is 0 Å². The van der Waals surface area contributed by atoms with Gasteiger partial charge >= 0.3 is 12.3 Å². The highest BCUT2D eigenvalue weighted by atomic mass is 19.4. The average molecular weight is 333 g/mol. The van der Waals surface area contributed by atoms with Crippen LogP contribution < -0.4 is 16.4 Å². The summed E-state index contributed by atoms with van der Waals surface area (Å²) < 4.78 is 37.9. The van der Waals surface area contributed by atoms with Crippen LogP contribution in [0.4, 0.5) is 23.7 Å². The van der Waals surface area contributed by atoms with Crippen molar-refractivity contribution in [1.29, 1.82) is 0 Å². The average Bonchev–Trinajstić information content (AvgIpc) is 2.45. The Bertz CT molecular complexity index is 550. The number of halogens is 3. The topological polar surface area (TPSA) is 104 Å². The molecule has 0 spiro atoms. The van der Waals surface area contributed by atoms with Gasteiger partial charge in [0.1, 0.15) is 6.04 Å². The molecule has 0 aliphatic carbocycles. The third kappa shape index (κ3) is 6.55. The zero-order valence-corrected chi connectivity index (χ0v) is 12.2. The van der Waals surface area contributed by atoms with Gasteiger partial charge in [-0.3, -0.25) is 4.79 Å². The van der Waals surface area contributed by atoms with E-state index in [9.17, 15) is 22.8 Å². The van der Waals surface area contributed by atoms with Crippen LogP contribution in [0.5, 0.6) is 0 Å². The number of rotatable bonds is 7. The number of carbonyl (C=O) groups is 2. The molecular weight excluding hydrogens is 315 g/mol. The smallest absolute Gasteiger partial charge is 0.416 e. The molecule has 1 aromatic carbocycles. The lowest BCUT2D eigenvalue weighted by atomic mass is 10.1. The van der Waals surface area contributed by atoms with Crippen molar-refractivity contribution in [3.63, 3.8) is 0 Å². The first-order valence-electron chi connectivity index (χ1n) is 6.91. The lowest BCUT2D eigenvalue weighted by Crippen LogP contribution is -2.43. The Morgan fingerprint density at radius 3 is 2.52 bits per heavy atom. The fourth-order valence-corrected chi connectivity index (χ4v) is 1.91. The number of amides is 2. The number of nitrogens with one attached hydrogen (secondary N) is 2. The van der Waals surface area contributed by atoms with Crippen LogP contribution in [-0.4, -0.2) is 29.7 Å². The van der Waals surface area contributed by atoms with Gasteiger partial charge in [0.25, 0.3) is 0 Å². The molecule has 1 aromatic rings. The minimum absolute atomic E-state index is 0.0548. The Labute approximate surface area is 130 Å². The van der Waals surface area contributed by atoms with E-state index in [0.717, 1.165) is 18.2 Å². The summed E-state index contributed by atoms with van der Waals surface area (Å²) in [6.07, 6.45) is -4.59. The van der Waals surface area contributed by atoms with Gasteiger partial charge in [-0.25, -0.2) is 4.79 Å². The van der Waals surface area contributed by atoms with E-state index in [1.807, 2.05) is 5.32 Å². The Hall–Kier alpha value is -2.29. The Kier molecular flexibility index (Phi) is 6.83. The highest BCUT2D eigenvalue weighted by Gasteiger charge is 2.30. The molecule has 23 heavy (non-hydrogen) atoms. The number of alkyl halides is 3. The summed E-state index contributed by atoms with van der Waals surface area (Å²) in [5, 5.41) is 13.1. The quantitative estimate of drug-likeness (QED) is 0.575. The molecule has 128 valence electrons. The standard InChI is InChI=1S/C14H18F3N3O3/c15-14(16,17)9-4-3-5-10(8-9)19-12(21)11(20-13(22)23)6-1-2-7-18/h3-5,8,11,20H,1-2,6-7,18H2,(H,19,21)(H,22,23)/t11-/m0/s1. The van der Waals surface area contributed by atoms with E-state index in [-0.39, 0.29) is 12.1 Å². The number of hydrogen-bond acceptors (Lipinski definition) is 3. The lowest BCUT2D eigenvalue weighted by molar-refractivity contribution is -0.137. The Morgan fingerprint density at radius 2 is 1.96 bits per heavy atom. The SMILES string of the molecule is NCCCC[C@H](NC(=O)O)C(=O)Nc1cccc(C(F)(F)F)c1. The van der Waals surface area contributed by atoms with Crippen LogP contribution in [-0.2, 0) is 11.0 Å². The van der Waals surface area contributed by atoms with Gasteiger partial charge in [0, 0.05) is 5.69 Å². The summed E-state index contributed by atoms with van der Waals surface area (Å²) in [6.45, 7) is 0.398. The fourth-order valence-electron chi connectivity index (χ4n) is 1.91. The summed E-state index contributed by atoms with van der Waals surface area (Å²) in [7, 11) is 0. The number of nitrogens with two attached hydrogens (primary N) is 1. The van der Waals surface area contributed by atoms with Gasteiger partial charge in [0.05, 0.1) is 5.56 Å². The van der Waals surface area contributed by atoms with E-state index in [1.165, 1.54) is 6.07 Å². The van der Waals surface area contributed by atoms with Gasteiger partial charge in [-0.05, 0) is 44.0 Å². The van der Waals surface area contributed by atoms with Crippen molar-refractivity contribution in [3.8, 4) is 0 Å². The number of benzene rings is 1. The molecule has 0 aromatic heterocycles. The second kappa shape index (κ2) is 8.37. The first kappa shape index (κ1) is 18.8. The largest absolute Gasteiger partial charge is 0.465 e. The molecule has 5 N–H and O–H groups in total. The van der Waals surface area contributed by atoms with Crippen molar-refractivity contribution in [2.24, 2.45) is 5.73 Å². The molecule has 2 amide bonds. The second-order valence-corrected chi connectivity index (χ2v) is 4.85. The normalized spacial score (nSPS) is 12.5. The van der Waals surface area contributed by atoms with Crippen molar-refractivity contribution in [2.75, 3.05) is 11.9 Å². The van der Waals surface area contributed by atoms with Gasteiger partial charge in [-0.1, -0.05) is 6.07 Å². The molecule has 0 radical (unpaired) electrons. The summed E-state index contributed by atoms with van der Waals surface area (Å²) >= 11 is 0. The van der Waals surface area contributed by atoms with Crippen LogP contribution in [0.25, 0.3) is 0 Å². The maximum atomic E-state index is 12.6. The minimum atomic E-state index is -4.53. The van der Waals surface area contributed by atoms with Crippen molar-refractivity contribution in [3.05, 3.63) is 29.8 Å². The van der Waals surface area contributed by atoms with E-state index in [4.69, 9.17) is 10.8 Å². The van der Waals surface area contributed by atoms with Crippen LogP contribution in [0.1, 0.15) is 24.8 Å². The van der Waals surface area contributed by atoms with Gasteiger partial charge in [0.15, 0.2) is 0 Å². The minimum Gasteiger partial charge on any atom is -0.465 e. The highest BCUT2D eigenvalue weighted by molar-refractivity contribution is 5.96. The predicted octanol–water partition coefficient (Wildman–Crippen LogP) is 2.41. The van der Waals surface area contributed by atoms with Gasteiger partial charge in [-0.2, -0.15) is 13.2 Å². The van der Waals surface area contributed by atoms with Crippen LogP contribution in [0.15, 0.2) is 24.3 Å². The molecule has 0 aliphatic rings. The third-order valence-corrected chi connectivity index (χ3v) is 3.02. The molecule has 0 aliphatic heterocycles. The van der Waals surface area contributed by atoms with Crippen molar-refractivity contribution in [1.82, 2.24) is 5.32 Å². The molecule has 9 heteroatoms. The fraction of sp³-hybridized carbons (Fsp3) is 0.429. The monoisotopic (exact) mass is 333 g/mol. The molecule has 0 unspecified atom stereocenters. The number of carboxylic acid groups (broad SMARTS) is 1. The molecule has 0 fully saturated rings. The van der Waals surface area contributed by atoms with Crippen LogP contribution in [0.3, 0.4) is 0 Å². The molecule has 0 heterocycles. The second-order valence-electron chi connectivity index (χ2n) is 4.85. The lowest BCUT2D eigenvalue weighted by Gasteiger charge is -2.17. The molecule has 6 nitrogen and oxygen atoms in total. The zero-order chi connectivity index (χ0) is 17.5. The first-order chi connectivity index (χ1) is 10.7. The summed E-state index contributed by atoms with van der Waals surface area (Å²) in [5.74, 6) is -0.719. The van der Waals surface area contributed by atoms with Crippen LogP contribution in [0.2, 0.25) is 0 Å². The van der Waals surface area contributed by atoms with Crippen LogP contribution in [0, 0.1) is 0 Å². The molecule has 0 saturated carbocycles. The highest BCUT2D eigenvalue weighted by Crippen LogP contribution is 2.30. The number of carbonyl (C=O) groups excluding carboxylic acids is 1. The maximum Gasteiger partial charge on any atom is 0.416 e. The van der Waals surface area contributed by atoms with Gasteiger partial charge < -0.3 is 21.5 Å². The molecule has 1 rings (SSSR count). The predicted molar refractivity (Wildman–Crippen MR) is 77.9 cm³/mol. The molecule has 1 atom stereocenters. The number of hydrogen-bond donors (Lipinski definition) is 4. The van der Waals surface area contributed by atoms with E-state index in [2.05, 4.69) is 5.32 Å². The molecular formula is C14H18F3N3O3. The van der Waals surface area contributed by atoms with Crippen molar-refractivity contribution < 1.29 is 27.9 Å². The number of anilines is 1. The van der Waals surface area contributed by atoms with Gasteiger partial charge in [0.2, 0.25) is 5.91 Å². The van der Waals surface area contributed by atoms with E-state index in [1.54, 1.807) is 0 Å². The number of unbranched alkanes of at least 4 members (excludes halogenated alkanes) is 1. The molecule has 0 bridgehead atoms. The maximum absolute atomic E-state index is 12.6. The first-order valence-corrected chi connectivity index (χ1v) is 6.91. The van der Waals surface area contributed by atoms with E-state index in [0.29, 0.717) is 19.4 Å². The van der Waals surface area contributed by atoms with Crippen molar-refractivity contribution >= 4 is 17.7 Å².